The van der Waals surface area contributed by atoms with E-state index in [1.54, 1.807) is 9.47 Å². The number of rotatable bonds is 3. The smallest absolute Gasteiger partial charge is 0.410 e. The van der Waals surface area contributed by atoms with Crippen LogP contribution in [0.25, 0.3) is 16.7 Å². The molecule has 7 nitrogen and oxygen atoms in total. The van der Waals surface area contributed by atoms with Crippen LogP contribution in [0.15, 0.2) is 30.7 Å². The zero-order valence-corrected chi connectivity index (χ0v) is 19.9. The Bertz CT molecular complexity index is 1230. The quantitative estimate of drug-likeness (QED) is 0.539. The minimum atomic E-state index is -0.633. The second-order valence-electron chi connectivity index (χ2n) is 10.2. The molecular formula is C25H29F2N5O2. The normalized spacial score (nSPS) is 19.1. The molecule has 1 amide bonds. The van der Waals surface area contributed by atoms with Crippen molar-refractivity contribution in [3.8, 4) is 5.69 Å². The van der Waals surface area contributed by atoms with Gasteiger partial charge in [0, 0.05) is 37.9 Å². The van der Waals surface area contributed by atoms with Crippen molar-refractivity contribution >= 4 is 22.9 Å². The van der Waals surface area contributed by atoms with Crippen molar-refractivity contribution in [1.82, 2.24) is 19.4 Å². The van der Waals surface area contributed by atoms with Gasteiger partial charge in [-0.15, -0.1) is 0 Å². The second-order valence-corrected chi connectivity index (χ2v) is 10.2. The number of aromatic nitrogens is 3. The summed E-state index contributed by atoms with van der Waals surface area (Å²) in [5.41, 5.74) is 1.56. The van der Waals surface area contributed by atoms with Gasteiger partial charge in [-0.2, -0.15) is 0 Å². The first-order chi connectivity index (χ1) is 16.1. The highest BCUT2D eigenvalue weighted by molar-refractivity contribution is 5.93. The van der Waals surface area contributed by atoms with Gasteiger partial charge in [0.2, 0.25) is 0 Å². The highest BCUT2D eigenvalue weighted by Crippen LogP contribution is 2.46. The van der Waals surface area contributed by atoms with Crippen molar-refractivity contribution in [2.45, 2.75) is 58.1 Å². The van der Waals surface area contributed by atoms with E-state index in [1.165, 1.54) is 18.5 Å². The summed E-state index contributed by atoms with van der Waals surface area (Å²) >= 11 is 0. The molecule has 3 heterocycles. The predicted molar refractivity (Wildman–Crippen MR) is 125 cm³/mol. The van der Waals surface area contributed by atoms with Gasteiger partial charge in [0.25, 0.3) is 0 Å². The lowest BCUT2D eigenvalue weighted by molar-refractivity contribution is 0.0218. The van der Waals surface area contributed by atoms with Crippen LogP contribution in [0.5, 0.6) is 0 Å². The van der Waals surface area contributed by atoms with Gasteiger partial charge in [-0.3, -0.25) is 0 Å². The fraction of sp³-hybridized carbons (Fsp3) is 0.480. The number of nitrogens with zero attached hydrogens (tertiary/aromatic N) is 5. The fourth-order valence-electron chi connectivity index (χ4n) is 4.63. The van der Waals surface area contributed by atoms with E-state index in [9.17, 15) is 13.6 Å². The standard InChI is InChI=1S/C25H29F2N5O2/c1-15-12-30(24(33)34-25(2,3)4)7-8-31(15)22-21-20(16-5-6-16)13-32(23(21)29-14-28-22)19-10-17(26)9-18(27)11-19/h9-11,13-16H,5-8,12H2,1-4H3/t15-/m1/s1. The highest BCUT2D eigenvalue weighted by Gasteiger charge is 2.34. The number of carbonyl (C=O) groups excluding carboxylic acids is 1. The van der Waals surface area contributed by atoms with Crippen molar-refractivity contribution in [1.29, 1.82) is 0 Å². The van der Waals surface area contributed by atoms with Crippen molar-refractivity contribution in [3.63, 3.8) is 0 Å². The summed E-state index contributed by atoms with van der Waals surface area (Å²) in [4.78, 5) is 25.6. The number of ether oxygens (including phenoxy) is 1. The van der Waals surface area contributed by atoms with Crippen LogP contribution in [-0.2, 0) is 4.74 Å². The van der Waals surface area contributed by atoms with Gasteiger partial charge in [0.05, 0.1) is 11.1 Å². The molecular weight excluding hydrogens is 440 g/mol. The van der Waals surface area contributed by atoms with Crippen molar-refractivity contribution in [2.75, 3.05) is 24.5 Å². The number of benzene rings is 1. The maximum atomic E-state index is 14.0. The molecule has 34 heavy (non-hydrogen) atoms. The number of piperazine rings is 1. The number of hydrogen-bond acceptors (Lipinski definition) is 5. The van der Waals surface area contributed by atoms with E-state index >= 15 is 0 Å². The van der Waals surface area contributed by atoms with Crippen LogP contribution in [0.3, 0.4) is 0 Å². The summed E-state index contributed by atoms with van der Waals surface area (Å²) in [5.74, 6) is -0.0962. The number of halogens is 2. The molecule has 1 aromatic carbocycles. The molecule has 0 N–H and O–H groups in total. The minimum absolute atomic E-state index is 0.00128. The third kappa shape index (κ3) is 4.31. The van der Waals surface area contributed by atoms with Crippen LogP contribution in [0.2, 0.25) is 0 Å². The summed E-state index contributed by atoms with van der Waals surface area (Å²) in [6, 6.07) is 3.48. The lowest BCUT2D eigenvalue weighted by Crippen LogP contribution is -2.54. The number of anilines is 1. The van der Waals surface area contributed by atoms with Gasteiger partial charge >= 0.3 is 6.09 Å². The van der Waals surface area contributed by atoms with E-state index in [1.807, 2.05) is 27.0 Å². The molecule has 9 heteroatoms. The van der Waals surface area contributed by atoms with Gasteiger partial charge in [0.1, 0.15) is 35.0 Å². The number of hydrogen-bond donors (Lipinski definition) is 0. The van der Waals surface area contributed by atoms with Crippen LogP contribution in [0.4, 0.5) is 19.4 Å². The zero-order chi connectivity index (χ0) is 24.2. The first kappa shape index (κ1) is 22.6. The summed E-state index contributed by atoms with van der Waals surface area (Å²) < 4.78 is 35.3. The van der Waals surface area contributed by atoms with E-state index in [0.717, 1.165) is 35.7 Å². The molecule has 0 radical (unpaired) electrons. The van der Waals surface area contributed by atoms with Gasteiger partial charge < -0.3 is 19.1 Å². The van der Waals surface area contributed by atoms with Crippen LogP contribution < -0.4 is 4.90 Å². The Balaban J connectivity index is 1.51. The number of amides is 1. The third-order valence-corrected chi connectivity index (χ3v) is 6.29. The molecule has 5 rings (SSSR count). The average Bonchev–Trinajstić information content (AvgIpc) is 3.51. The SMILES string of the molecule is C[C@@H]1CN(C(=O)OC(C)(C)C)CCN1c1ncnc2c1c(C1CC1)cn2-c1cc(F)cc(F)c1. The minimum Gasteiger partial charge on any atom is -0.444 e. The molecule has 0 unspecified atom stereocenters. The van der Waals surface area contributed by atoms with Gasteiger partial charge in [-0.05, 0) is 64.2 Å². The first-order valence-corrected chi connectivity index (χ1v) is 11.7. The number of carbonyl (C=O) groups is 1. The largest absolute Gasteiger partial charge is 0.444 e. The molecule has 0 spiro atoms. The zero-order valence-electron chi connectivity index (χ0n) is 19.9. The average molecular weight is 470 g/mol. The van der Waals surface area contributed by atoms with E-state index < -0.39 is 17.2 Å². The first-order valence-electron chi connectivity index (χ1n) is 11.7. The van der Waals surface area contributed by atoms with Crippen LogP contribution >= 0.6 is 0 Å². The molecule has 1 saturated carbocycles. The molecule has 2 aliphatic rings. The maximum Gasteiger partial charge on any atom is 0.410 e. The summed E-state index contributed by atoms with van der Waals surface area (Å²) in [5, 5.41) is 0.909. The highest BCUT2D eigenvalue weighted by atomic mass is 19.1. The lowest BCUT2D eigenvalue weighted by Gasteiger charge is -2.41. The van der Waals surface area contributed by atoms with Crippen molar-refractivity contribution in [3.05, 3.63) is 47.9 Å². The molecule has 1 saturated heterocycles. The monoisotopic (exact) mass is 469 g/mol. The van der Waals surface area contributed by atoms with Crippen LogP contribution in [0, 0.1) is 11.6 Å². The van der Waals surface area contributed by atoms with Gasteiger partial charge in [-0.1, -0.05) is 0 Å². The summed E-state index contributed by atoms with van der Waals surface area (Å²) in [6.45, 7) is 9.25. The fourth-order valence-corrected chi connectivity index (χ4v) is 4.63. The maximum absolute atomic E-state index is 14.0. The molecule has 1 aliphatic heterocycles. The lowest BCUT2D eigenvalue weighted by atomic mass is 10.1. The Hall–Kier alpha value is -3.23. The molecule has 2 fully saturated rings. The van der Waals surface area contributed by atoms with E-state index in [4.69, 9.17) is 4.74 Å². The Morgan fingerprint density at radius 2 is 1.79 bits per heavy atom. The third-order valence-electron chi connectivity index (χ3n) is 6.29. The van der Waals surface area contributed by atoms with E-state index in [-0.39, 0.29) is 12.1 Å². The Labute approximate surface area is 197 Å². The van der Waals surface area contributed by atoms with Crippen molar-refractivity contribution in [2.24, 2.45) is 0 Å². The molecule has 1 atom stereocenters. The van der Waals surface area contributed by atoms with Gasteiger partial charge in [-0.25, -0.2) is 23.5 Å². The topological polar surface area (TPSA) is 63.5 Å². The number of fused-ring (bicyclic) bond motifs is 1. The predicted octanol–water partition coefficient (Wildman–Crippen LogP) is 5.02. The Kier molecular flexibility index (Phi) is 5.45. The molecule has 180 valence electrons. The molecule has 1 aliphatic carbocycles. The van der Waals surface area contributed by atoms with E-state index in [2.05, 4.69) is 21.8 Å². The molecule has 0 bridgehead atoms. The summed E-state index contributed by atoms with van der Waals surface area (Å²) in [6.07, 6.45) is 5.24. The van der Waals surface area contributed by atoms with Gasteiger partial charge in [0.15, 0.2) is 0 Å². The second kappa shape index (κ2) is 8.21. The van der Waals surface area contributed by atoms with Crippen molar-refractivity contribution < 1.29 is 18.3 Å². The Morgan fingerprint density at radius 3 is 2.41 bits per heavy atom. The molecule has 2 aromatic heterocycles. The summed E-state index contributed by atoms with van der Waals surface area (Å²) in [7, 11) is 0. The molecule has 3 aromatic rings. The Morgan fingerprint density at radius 1 is 1.09 bits per heavy atom. The van der Waals surface area contributed by atoms with E-state index in [0.29, 0.717) is 36.9 Å². The van der Waals surface area contributed by atoms with Crippen LogP contribution in [0.1, 0.15) is 52.0 Å². The van der Waals surface area contributed by atoms with Crippen LogP contribution in [-0.4, -0.2) is 56.8 Å².